The van der Waals surface area contributed by atoms with Gasteiger partial charge in [-0.05, 0) is 19.5 Å². The van der Waals surface area contributed by atoms with Crippen LogP contribution in [0.1, 0.15) is 37.9 Å². The summed E-state index contributed by atoms with van der Waals surface area (Å²) >= 11 is 0. The molecule has 0 spiro atoms. The quantitative estimate of drug-likeness (QED) is 0.836. The Balaban J connectivity index is 3.04. The Bertz CT molecular complexity index is 432. The van der Waals surface area contributed by atoms with Crippen molar-refractivity contribution in [3.05, 3.63) is 29.3 Å². The molecule has 0 aliphatic heterocycles. The van der Waals surface area contributed by atoms with E-state index >= 15 is 0 Å². The topological polar surface area (TPSA) is 38.3 Å². The molecule has 1 rings (SSSR count). The molecular weight excluding hydrogens is 258 g/mol. The SMILES string of the molecule is CCNC(CS(=O)C(C)C)c1cc(C)ccc1OC. The Hall–Kier alpha value is -0.870. The van der Waals surface area contributed by atoms with Gasteiger partial charge < -0.3 is 10.1 Å². The van der Waals surface area contributed by atoms with Crippen LogP contribution in [0.5, 0.6) is 5.75 Å². The smallest absolute Gasteiger partial charge is 0.123 e. The molecule has 3 nitrogen and oxygen atoms in total. The van der Waals surface area contributed by atoms with Gasteiger partial charge in [0.2, 0.25) is 0 Å². The lowest BCUT2D eigenvalue weighted by Gasteiger charge is -2.22. The largest absolute Gasteiger partial charge is 0.496 e. The molecule has 0 aliphatic carbocycles. The van der Waals surface area contributed by atoms with Crippen LogP contribution in [-0.4, -0.2) is 28.9 Å². The van der Waals surface area contributed by atoms with E-state index in [-0.39, 0.29) is 11.3 Å². The minimum Gasteiger partial charge on any atom is -0.496 e. The van der Waals surface area contributed by atoms with E-state index < -0.39 is 10.8 Å². The van der Waals surface area contributed by atoms with Crippen LogP contribution in [0.3, 0.4) is 0 Å². The van der Waals surface area contributed by atoms with Crippen molar-refractivity contribution in [2.75, 3.05) is 19.4 Å². The Morgan fingerprint density at radius 1 is 1.37 bits per heavy atom. The van der Waals surface area contributed by atoms with Gasteiger partial charge >= 0.3 is 0 Å². The average Bonchev–Trinajstić information content (AvgIpc) is 2.37. The van der Waals surface area contributed by atoms with Crippen LogP contribution < -0.4 is 10.1 Å². The molecule has 0 fully saturated rings. The maximum Gasteiger partial charge on any atom is 0.123 e. The van der Waals surface area contributed by atoms with E-state index in [4.69, 9.17) is 4.74 Å². The van der Waals surface area contributed by atoms with Gasteiger partial charge in [0, 0.05) is 33.4 Å². The maximum absolute atomic E-state index is 12.1. The summed E-state index contributed by atoms with van der Waals surface area (Å²) in [4.78, 5) is 0. The summed E-state index contributed by atoms with van der Waals surface area (Å²) in [6.45, 7) is 8.95. The molecule has 0 heterocycles. The molecule has 0 aliphatic rings. The first-order valence-corrected chi connectivity index (χ1v) is 8.12. The van der Waals surface area contributed by atoms with Gasteiger partial charge in [0.05, 0.1) is 7.11 Å². The first-order chi connectivity index (χ1) is 8.99. The van der Waals surface area contributed by atoms with Crippen LogP contribution in [0.25, 0.3) is 0 Å². The third-order valence-corrected chi connectivity index (χ3v) is 4.78. The molecule has 0 aromatic heterocycles. The summed E-state index contributed by atoms with van der Waals surface area (Å²) in [5.41, 5.74) is 2.28. The standard InChI is InChI=1S/C15H25NO2S/c1-6-16-14(10-19(17)11(2)3)13-9-12(4)7-8-15(13)18-5/h7-9,11,14,16H,6,10H2,1-5H3. The number of aryl methyl sites for hydroxylation is 1. The number of ether oxygens (including phenoxy) is 1. The Morgan fingerprint density at radius 3 is 2.58 bits per heavy atom. The van der Waals surface area contributed by atoms with Crippen LogP contribution >= 0.6 is 0 Å². The second-order valence-electron chi connectivity index (χ2n) is 4.95. The van der Waals surface area contributed by atoms with Gasteiger partial charge in [-0.1, -0.05) is 38.5 Å². The minimum absolute atomic E-state index is 0.0723. The molecule has 19 heavy (non-hydrogen) atoms. The molecule has 2 unspecified atom stereocenters. The van der Waals surface area contributed by atoms with Gasteiger partial charge in [-0.2, -0.15) is 0 Å². The van der Waals surface area contributed by atoms with Crippen molar-refractivity contribution >= 4 is 10.8 Å². The summed E-state index contributed by atoms with van der Waals surface area (Å²) in [5.74, 6) is 1.48. The molecule has 0 saturated carbocycles. The van der Waals surface area contributed by atoms with Crippen molar-refractivity contribution in [1.29, 1.82) is 0 Å². The maximum atomic E-state index is 12.1. The number of hydrogen-bond donors (Lipinski definition) is 1. The molecule has 2 atom stereocenters. The molecule has 1 aromatic rings. The summed E-state index contributed by atoms with van der Waals surface area (Å²) in [6, 6.07) is 6.20. The summed E-state index contributed by atoms with van der Waals surface area (Å²) < 4.78 is 17.5. The normalized spacial score (nSPS) is 14.4. The van der Waals surface area contributed by atoms with Gasteiger partial charge in [0.25, 0.3) is 0 Å². The predicted molar refractivity (Wildman–Crippen MR) is 82.3 cm³/mol. The fourth-order valence-corrected chi connectivity index (χ4v) is 3.00. The van der Waals surface area contributed by atoms with Crippen molar-refractivity contribution in [1.82, 2.24) is 5.32 Å². The van der Waals surface area contributed by atoms with Crippen LogP contribution in [0, 0.1) is 6.92 Å². The first kappa shape index (κ1) is 16.2. The van der Waals surface area contributed by atoms with Gasteiger partial charge in [-0.15, -0.1) is 0 Å². The summed E-state index contributed by atoms with van der Waals surface area (Å²) in [6.07, 6.45) is 0. The lowest BCUT2D eigenvalue weighted by molar-refractivity contribution is 0.402. The minimum atomic E-state index is -0.839. The van der Waals surface area contributed by atoms with Crippen molar-refractivity contribution in [2.45, 2.75) is 39.0 Å². The molecule has 0 radical (unpaired) electrons. The van der Waals surface area contributed by atoms with Gasteiger partial charge in [0.15, 0.2) is 0 Å². The summed E-state index contributed by atoms with van der Waals surface area (Å²) in [5, 5.41) is 3.59. The van der Waals surface area contributed by atoms with E-state index in [0.717, 1.165) is 17.9 Å². The highest BCUT2D eigenvalue weighted by molar-refractivity contribution is 7.85. The lowest BCUT2D eigenvalue weighted by Crippen LogP contribution is -2.28. The first-order valence-electron chi connectivity index (χ1n) is 6.74. The molecule has 1 N–H and O–H groups in total. The van der Waals surface area contributed by atoms with E-state index in [2.05, 4.69) is 25.2 Å². The third kappa shape index (κ3) is 4.62. The number of nitrogens with one attached hydrogen (secondary N) is 1. The van der Waals surface area contributed by atoms with Gasteiger partial charge in [-0.25, -0.2) is 0 Å². The van der Waals surface area contributed by atoms with Crippen molar-refractivity contribution in [3.8, 4) is 5.75 Å². The zero-order chi connectivity index (χ0) is 14.4. The van der Waals surface area contributed by atoms with E-state index in [9.17, 15) is 4.21 Å². The van der Waals surface area contributed by atoms with E-state index in [1.165, 1.54) is 5.56 Å². The fourth-order valence-electron chi connectivity index (χ4n) is 1.99. The molecule has 0 amide bonds. The van der Waals surface area contributed by atoms with Crippen LogP contribution in [0.15, 0.2) is 18.2 Å². The zero-order valence-corrected chi connectivity index (χ0v) is 13.3. The fraction of sp³-hybridized carbons (Fsp3) is 0.600. The zero-order valence-electron chi connectivity index (χ0n) is 12.5. The predicted octanol–water partition coefficient (Wildman–Crippen LogP) is 2.81. The number of rotatable bonds is 7. The van der Waals surface area contributed by atoms with Crippen LogP contribution in [-0.2, 0) is 10.8 Å². The van der Waals surface area contributed by atoms with Gasteiger partial charge in [0.1, 0.15) is 5.75 Å². The third-order valence-electron chi connectivity index (χ3n) is 3.07. The van der Waals surface area contributed by atoms with E-state index in [1.807, 2.05) is 26.0 Å². The molecule has 1 aromatic carbocycles. The van der Waals surface area contributed by atoms with E-state index in [0.29, 0.717) is 5.75 Å². The van der Waals surface area contributed by atoms with Crippen LogP contribution in [0.4, 0.5) is 0 Å². The highest BCUT2D eigenvalue weighted by Crippen LogP contribution is 2.27. The van der Waals surface area contributed by atoms with Crippen molar-refractivity contribution in [3.63, 3.8) is 0 Å². The number of methoxy groups -OCH3 is 1. The highest BCUT2D eigenvalue weighted by Gasteiger charge is 2.19. The second kappa shape index (κ2) is 7.65. The lowest BCUT2D eigenvalue weighted by atomic mass is 10.0. The molecule has 4 heteroatoms. The van der Waals surface area contributed by atoms with Crippen molar-refractivity contribution < 1.29 is 8.95 Å². The Labute approximate surface area is 119 Å². The average molecular weight is 283 g/mol. The molecule has 0 bridgehead atoms. The summed E-state index contributed by atoms with van der Waals surface area (Å²) in [7, 11) is 0.838. The Morgan fingerprint density at radius 2 is 2.05 bits per heavy atom. The van der Waals surface area contributed by atoms with Crippen LogP contribution in [0.2, 0.25) is 0 Å². The van der Waals surface area contributed by atoms with Crippen molar-refractivity contribution in [2.24, 2.45) is 0 Å². The molecular formula is C15H25NO2S. The monoisotopic (exact) mass is 283 g/mol. The molecule has 0 saturated heterocycles. The number of hydrogen-bond acceptors (Lipinski definition) is 3. The van der Waals surface area contributed by atoms with E-state index in [1.54, 1.807) is 7.11 Å². The second-order valence-corrected chi connectivity index (χ2v) is 6.99. The number of benzene rings is 1. The Kier molecular flexibility index (Phi) is 6.52. The highest BCUT2D eigenvalue weighted by atomic mass is 32.2. The van der Waals surface area contributed by atoms with Gasteiger partial charge in [-0.3, -0.25) is 4.21 Å². The molecule has 108 valence electrons.